The van der Waals surface area contributed by atoms with Gasteiger partial charge in [-0.1, -0.05) is 25.7 Å². The van der Waals surface area contributed by atoms with Crippen molar-refractivity contribution in [3.63, 3.8) is 0 Å². The lowest BCUT2D eigenvalue weighted by atomic mass is 9.98. The standard InChI is InChI=1S/C13H24N2O/c1-13(2)10-15(12(16)9-14-13)11-7-5-3-4-6-8-11/h11,14H,3-10H2,1-2H3. The van der Waals surface area contributed by atoms with Gasteiger partial charge in [-0.25, -0.2) is 0 Å². The first-order valence-electron chi connectivity index (χ1n) is 6.63. The average Bonchev–Trinajstić information content (AvgIpc) is 2.50. The van der Waals surface area contributed by atoms with Crippen LogP contribution in [0.15, 0.2) is 0 Å². The van der Waals surface area contributed by atoms with E-state index in [2.05, 4.69) is 24.1 Å². The molecule has 1 heterocycles. The summed E-state index contributed by atoms with van der Waals surface area (Å²) in [6.45, 7) is 5.76. The van der Waals surface area contributed by atoms with E-state index < -0.39 is 0 Å². The fourth-order valence-corrected chi connectivity index (χ4v) is 2.89. The molecular formula is C13H24N2O. The van der Waals surface area contributed by atoms with Gasteiger partial charge in [-0.15, -0.1) is 0 Å². The number of piperazine rings is 1. The molecule has 0 radical (unpaired) electrons. The highest BCUT2D eigenvalue weighted by Gasteiger charge is 2.34. The van der Waals surface area contributed by atoms with Crippen LogP contribution in [0, 0.1) is 0 Å². The Hall–Kier alpha value is -0.570. The highest BCUT2D eigenvalue weighted by atomic mass is 16.2. The predicted octanol–water partition coefficient (Wildman–Crippen LogP) is 1.92. The van der Waals surface area contributed by atoms with E-state index in [4.69, 9.17) is 0 Å². The Labute approximate surface area is 98.6 Å². The zero-order valence-corrected chi connectivity index (χ0v) is 10.6. The van der Waals surface area contributed by atoms with Crippen molar-refractivity contribution < 1.29 is 4.79 Å². The molecule has 16 heavy (non-hydrogen) atoms. The number of nitrogens with one attached hydrogen (secondary N) is 1. The Bertz CT molecular complexity index is 255. The molecule has 0 bridgehead atoms. The summed E-state index contributed by atoms with van der Waals surface area (Å²) in [5.41, 5.74) is 0.0835. The maximum Gasteiger partial charge on any atom is 0.236 e. The monoisotopic (exact) mass is 224 g/mol. The largest absolute Gasteiger partial charge is 0.337 e. The van der Waals surface area contributed by atoms with Gasteiger partial charge in [0.1, 0.15) is 0 Å². The third-order valence-electron chi connectivity index (χ3n) is 3.87. The third-order valence-corrected chi connectivity index (χ3v) is 3.87. The molecule has 2 rings (SSSR count). The molecule has 1 N–H and O–H groups in total. The fourth-order valence-electron chi connectivity index (χ4n) is 2.89. The van der Waals surface area contributed by atoms with Gasteiger partial charge in [-0.3, -0.25) is 4.79 Å². The van der Waals surface area contributed by atoms with Crippen LogP contribution in [0.4, 0.5) is 0 Å². The molecule has 1 saturated carbocycles. The van der Waals surface area contributed by atoms with Gasteiger partial charge in [0.2, 0.25) is 5.91 Å². The summed E-state index contributed by atoms with van der Waals surface area (Å²) < 4.78 is 0. The zero-order chi connectivity index (χ0) is 11.6. The van der Waals surface area contributed by atoms with Gasteiger partial charge >= 0.3 is 0 Å². The summed E-state index contributed by atoms with van der Waals surface area (Å²) in [5.74, 6) is 0.297. The fraction of sp³-hybridized carbons (Fsp3) is 0.923. The van der Waals surface area contributed by atoms with Crippen LogP contribution < -0.4 is 5.32 Å². The molecule has 3 heteroatoms. The number of hydrogen-bond acceptors (Lipinski definition) is 2. The lowest BCUT2D eigenvalue weighted by molar-refractivity contribution is -0.137. The van der Waals surface area contributed by atoms with Crippen LogP contribution >= 0.6 is 0 Å². The predicted molar refractivity (Wildman–Crippen MR) is 65.3 cm³/mol. The van der Waals surface area contributed by atoms with Gasteiger partial charge in [-0.05, 0) is 26.7 Å². The van der Waals surface area contributed by atoms with Crippen LogP contribution in [0.2, 0.25) is 0 Å². The quantitative estimate of drug-likeness (QED) is 0.690. The van der Waals surface area contributed by atoms with Crippen molar-refractivity contribution in [3.05, 3.63) is 0 Å². The molecule has 0 aromatic heterocycles. The Kier molecular flexibility index (Phi) is 3.53. The lowest BCUT2D eigenvalue weighted by Gasteiger charge is -2.42. The van der Waals surface area contributed by atoms with E-state index in [1.54, 1.807) is 0 Å². The topological polar surface area (TPSA) is 32.3 Å². The van der Waals surface area contributed by atoms with Crippen molar-refractivity contribution in [3.8, 4) is 0 Å². The number of hydrogen-bond donors (Lipinski definition) is 1. The van der Waals surface area contributed by atoms with E-state index in [0.717, 1.165) is 6.54 Å². The van der Waals surface area contributed by atoms with E-state index in [0.29, 0.717) is 18.5 Å². The van der Waals surface area contributed by atoms with E-state index in [9.17, 15) is 4.79 Å². The second-order valence-electron chi connectivity index (χ2n) is 5.90. The first kappa shape index (κ1) is 11.9. The van der Waals surface area contributed by atoms with Crippen molar-refractivity contribution in [1.29, 1.82) is 0 Å². The summed E-state index contributed by atoms with van der Waals surface area (Å²) in [6, 6.07) is 0.511. The number of amides is 1. The van der Waals surface area contributed by atoms with Gasteiger partial charge < -0.3 is 10.2 Å². The summed E-state index contributed by atoms with van der Waals surface area (Å²) in [6.07, 6.45) is 7.70. The number of nitrogens with zero attached hydrogens (tertiary/aromatic N) is 1. The Morgan fingerprint density at radius 1 is 1.19 bits per heavy atom. The lowest BCUT2D eigenvalue weighted by Crippen LogP contribution is -2.62. The molecule has 1 amide bonds. The molecule has 1 aliphatic heterocycles. The van der Waals surface area contributed by atoms with Crippen molar-refractivity contribution in [2.24, 2.45) is 0 Å². The van der Waals surface area contributed by atoms with Crippen LogP contribution in [0.1, 0.15) is 52.4 Å². The van der Waals surface area contributed by atoms with Gasteiger partial charge in [0.05, 0.1) is 6.54 Å². The minimum atomic E-state index is 0.0835. The highest BCUT2D eigenvalue weighted by Crippen LogP contribution is 2.24. The van der Waals surface area contributed by atoms with Crippen LogP contribution in [-0.2, 0) is 4.79 Å². The maximum atomic E-state index is 12.0. The molecule has 2 aliphatic rings. The first-order valence-corrected chi connectivity index (χ1v) is 6.63. The maximum absolute atomic E-state index is 12.0. The SMILES string of the molecule is CC1(C)CN(C2CCCCCC2)C(=O)CN1. The van der Waals surface area contributed by atoms with E-state index in [1.807, 2.05) is 0 Å². The van der Waals surface area contributed by atoms with Crippen LogP contribution in [0.3, 0.4) is 0 Å². The molecule has 0 atom stereocenters. The Morgan fingerprint density at radius 2 is 1.81 bits per heavy atom. The van der Waals surface area contributed by atoms with Crippen LogP contribution in [0.5, 0.6) is 0 Å². The van der Waals surface area contributed by atoms with Crippen molar-refractivity contribution in [2.45, 2.75) is 64.0 Å². The van der Waals surface area contributed by atoms with E-state index in [1.165, 1.54) is 38.5 Å². The molecule has 1 aliphatic carbocycles. The first-order chi connectivity index (χ1) is 7.58. The Balaban J connectivity index is 2.02. The third kappa shape index (κ3) is 2.76. The van der Waals surface area contributed by atoms with Crippen molar-refractivity contribution in [2.75, 3.05) is 13.1 Å². The molecule has 2 fully saturated rings. The molecule has 0 spiro atoms. The summed E-state index contributed by atoms with van der Waals surface area (Å²) in [5, 5.41) is 3.30. The summed E-state index contributed by atoms with van der Waals surface area (Å²) >= 11 is 0. The Morgan fingerprint density at radius 3 is 2.44 bits per heavy atom. The molecule has 1 saturated heterocycles. The second-order valence-corrected chi connectivity index (χ2v) is 5.90. The van der Waals surface area contributed by atoms with E-state index in [-0.39, 0.29) is 5.54 Å². The normalized spacial score (nSPS) is 27.9. The molecule has 3 nitrogen and oxygen atoms in total. The van der Waals surface area contributed by atoms with Gasteiger partial charge in [0.15, 0.2) is 0 Å². The van der Waals surface area contributed by atoms with E-state index >= 15 is 0 Å². The second kappa shape index (κ2) is 4.74. The molecule has 0 aromatic carbocycles. The molecule has 0 aromatic rings. The minimum Gasteiger partial charge on any atom is -0.337 e. The van der Waals surface area contributed by atoms with Crippen LogP contribution in [0.25, 0.3) is 0 Å². The molecule has 0 unspecified atom stereocenters. The number of carbonyl (C=O) groups excluding carboxylic acids is 1. The minimum absolute atomic E-state index is 0.0835. The average molecular weight is 224 g/mol. The number of carbonyl (C=O) groups is 1. The zero-order valence-electron chi connectivity index (χ0n) is 10.6. The van der Waals surface area contributed by atoms with Gasteiger partial charge in [0, 0.05) is 18.1 Å². The van der Waals surface area contributed by atoms with Crippen LogP contribution in [-0.4, -0.2) is 35.5 Å². The highest BCUT2D eigenvalue weighted by molar-refractivity contribution is 5.79. The molecule has 92 valence electrons. The summed E-state index contributed by atoms with van der Waals surface area (Å²) in [7, 11) is 0. The van der Waals surface area contributed by atoms with Gasteiger partial charge in [-0.2, -0.15) is 0 Å². The molecular weight excluding hydrogens is 200 g/mol. The van der Waals surface area contributed by atoms with Gasteiger partial charge in [0.25, 0.3) is 0 Å². The van der Waals surface area contributed by atoms with Crippen molar-refractivity contribution in [1.82, 2.24) is 10.2 Å². The summed E-state index contributed by atoms with van der Waals surface area (Å²) in [4.78, 5) is 14.1. The smallest absolute Gasteiger partial charge is 0.236 e. The van der Waals surface area contributed by atoms with Crippen molar-refractivity contribution >= 4 is 5.91 Å². The number of rotatable bonds is 1.